The van der Waals surface area contributed by atoms with Gasteiger partial charge < -0.3 is 10.6 Å². The maximum atomic E-state index is 12.1. The van der Waals surface area contributed by atoms with Crippen molar-refractivity contribution < 1.29 is 4.79 Å². The van der Waals surface area contributed by atoms with Crippen molar-refractivity contribution in [1.29, 1.82) is 0 Å². The molecule has 0 spiro atoms. The molecular weight excluding hydrogens is 216 g/mol. The summed E-state index contributed by atoms with van der Waals surface area (Å²) >= 11 is 0. The van der Waals surface area contributed by atoms with Gasteiger partial charge in [0, 0.05) is 32.4 Å². The van der Waals surface area contributed by atoms with Gasteiger partial charge in [-0.3, -0.25) is 9.48 Å². The van der Waals surface area contributed by atoms with Gasteiger partial charge in [0.25, 0.3) is 5.91 Å². The molecule has 0 aliphatic carbocycles. The van der Waals surface area contributed by atoms with E-state index in [2.05, 4.69) is 5.10 Å². The van der Waals surface area contributed by atoms with Gasteiger partial charge in [-0.15, -0.1) is 0 Å². The summed E-state index contributed by atoms with van der Waals surface area (Å²) in [5.41, 5.74) is 6.56. The normalized spacial score (nSPS) is 19.4. The number of carbonyl (C=O) groups is 1. The Bertz CT molecular complexity index is 391. The number of likely N-dealkylation sites (tertiary alicyclic amines) is 1. The van der Waals surface area contributed by atoms with Crippen LogP contribution < -0.4 is 5.73 Å². The fraction of sp³-hybridized carbons (Fsp3) is 0.667. The van der Waals surface area contributed by atoms with Crippen LogP contribution in [0.1, 0.15) is 30.1 Å². The Kier molecular flexibility index (Phi) is 3.47. The Hall–Kier alpha value is -1.36. The second kappa shape index (κ2) is 4.87. The van der Waals surface area contributed by atoms with Gasteiger partial charge in [-0.25, -0.2) is 0 Å². The zero-order chi connectivity index (χ0) is 12.4. The van der Waals surface area contributed by atoms with Crippen molar-refractivity contribution in [2.45, 2.75) is 25.8 Å². The summed E-state index contributed by atoms with van der Waals surface area (Å²) in [6.07, 6.45) is 5.40. The molecule has 2 heterocycles. The maximum Gasteiger partial charge on any atom is 0.257 e. The van der Waals surface area contributed by atoms with E-state index in [9.17, 15) is 4.79 Å². The van der Waals surface area contributed by atoms with Crippen LogP contribution in [0.15, 0.2) is 12.4 Å². The van der Waals surface area contributed by atoms with Crippen molar-refractivity contribution >= 4 is 5.91 Å². The van der Waals surface area contributed by atoms with Gasteiger partial charge in [-0.1, -0.05) is 0 Å². The van der Waals surface area contributed by atoms with Gasteiger partial charge in [0.15, 0.2) is 0 Å². The lowest BCUT2D eigenvalue weighted by Crippen LogP contribution is -2.42. The summed E-state index contributed by atoms with van der Waals surface area (Å²) < 4.78 is 1.65. The number of amides is 1. The minimum atomic E-state index is 0.0845. The van der Waals surface area contributed by atoms with E-state index in [0.717, 1.165) is 25.9 Å². The summed E-state index contributed by atoms with van der Waals surface area (Å²) in [7, 11) is 1.82. The quantitative estimate of drug-likeness (QED) is 0.818. The molecule has 1 aliphatic rings. The summed E-state index contributed by atoms with van der Waals surface area (Å²) in [5, 5.41) is 4.02. The first-order valence-electron chi connectivity index (χ1n) is 6.11. The van der Waals surface area contributed by atoms with Crippen LogP contribution >= 0.6 is 0 Å². The molecule has 0 bridgehead atoms. The molecule has 2 N–H and O–H groups in total. The molecule has 5 nitrogen and oxygen atoms in total. The fourth-order valence-electron chi connectivity index (χ4n) is 2.34. The molecule has 1 fully saturated rings. The first-order valence-corrected chi connectivity index (χ1v) is 6.11. The Morgan fingerprint density at radius 1 is 1.53 bits per heavy atom. The predicted octanol–water partition coefficient (Wildman–Crippen LogP) is 0.619. The van der Waals surface area contributed by atoms with Crippen LogP contribution in [0.2, 0.25) is 0 Å². The number of aryl methyl sites for hydroxylation is 1. The van der Waals surface area contributed by atoms with Gasteiger partial charge in [0.05, 0.1) is 11.8 Å². The predicted molar refractivity (Wildman–Crippen MR) is 65.5 cm³/mol. The average molecular weight is 236 g/mol. The summed E-state index contributed by atoms with van der Waals surface area (Å²) in [5.74, 6) is 0.633. The molecule has 94 valence electrons. The molecule has 1 atom stereocenters. The lowest BCUT2D eigenvalue weighted by molar-refractivity contribution is 0.0681. The highest BCUT2D eigenvalue weighted by molar-refractivity contribution is 5.93. The Morgan fingerprint density at radius 3 is 2.65 bits per heavy atom. The molecule has 1 aliphatic heterocycles. The van der Waals surface area contributed by atoms with Crippen LogP contribution in [0.4, 0.5) is 0 Å². The first-order chi connectivity index (χ1) is 8.08. The second-order valence-electron chi connectivity index (χ2n) is 4.89. The zero-order valence-electron chi connectivity index (χ0n) is 10.5. The van der Waals surface area contributed by atoms with Crippen molar-refractivity contribution in [2.75, 3.05) is 13.1 Å². The molecule has 0 aromatic carbocycles. The summed E-state index contributed by atoms with van der Waals surface area (Å²) in [6.45, 7) is 3.66. The van der Waals surface area contributed by atoms with E-state index in [1.54, 1.807) is 17.1 Å². The number of piperidine rings is 1. The highest BCUT2D eigenvalue weighted by atomic mass is 16.2. The molecule has 2 rings (SSSR count). The summed E-state index contributed by atoms with van der Waals surface area (Å²) in [4.78, 5) is 14.0. The Balaban J connectivity index is 1.95. The highest BCUT2D eigenvalue weighted by Gasteiger charge is 2.25. The van der Waals surface area contributed by atoms with Gasteiger partial charge in [-0.2, -0.15) is 5.10 Å². The molecule has 5 heteroatoms. The van der Waals surface area contributed by atoms with E-state index in [-0.39, 0.29) is 11.9 Å². The van der Waals surface area contributed by atoms with E-state index in [4.69, 9.17) is 5.73 Å². The van der Waals surface area contributed by atoms with Crippen molar-refractivity contribution in [3.8, 4) is 0 Å². The van der Waals surface area contributed by atoms with Crippen LogP contribution in [0.3, 0.4) is 0 Å². The van der Waals surface area contributed by atoms with Crippen LogP contribution in [0.25, 0.3) is 0 Å². The molecule has 1 saturated heterocycles. The largest absolute Gasteiger partial charge is 0.339 e. The molecule has 1 aromatic heterocycles. The van der Waals surface area contributed by atoms with Crippen LogP contribution in [-0.4, -0.2) is 39.7 Å². The Morgan fingerprint density at radius 2 is 2.18 bits per heavy atom. The minimum Gasteiger partial charge on any atom is -0.339 e. The molecule has 0 saturated carbocycles. The third-order valence-corrected chi connectivity index (χ3v) is 3.52. The van der Waals surface area contributed by atoms with Crippen molar-refractivity contribution in [2.24, 2.45) is 18.7 Å². The van der Waals surface area contributed by atoms with Crippen LogP contribution in [-0.2, 0) is 7.05 Å². The van der Waals surface area contributed by atoms with E-state index < -0.39 is 0 Å². The van der Waals surface area contributed by atoms with Gasteiger partial charge >= 0.3 is 0 Å². The van der Waals surface area contributed by atoms with Gasteiger partial charge in [0.1, 0.15) is 0 Å². The van der Waals surface area contributed by atoms with E-state index in [1.807, 2.05) is 18.9 Å². The number of nitrogens with two attached hydrogens (primary N) is 1. The van der Waals surface area contributed by atoms with E-state index in [1.165, 1.54) is 0 Å². The zero-order valence-corrected chi connectivity index (χ0v) is 10.5. The van der Waals surface area contributed by atoms with E-state index >= 15 is 0 Å². The summed E-state index contributed by atoms with van der Waals surface area (Å²) in [6, 6.07) is 0.227. The molecule has 17 heavy (non-hydrogen) atoms. The van der Waals surface area contributed by atoms with Crippen molar-refractivity contribution in [3.63, 3.8) is 0 Å². The second-order valence-corrected chi connectivity index (χ2v) is 4.89. The third kappa shape index (κ3) is 2.66. The number of nitrogens with zero attached hydrogens (tertiary/aromatic N) is 3. The molecule has 1 aromatic rings. The van der Waals surface area contributed by atoms with Crippen molar-refractivity contribution in [3.05, 3.63) is 18.0 Å². The number of rotatable bonds is 2. The molecule has 1 amide bonds. The SMILES string of the molecule is CC(N)C1CCN(C(=O)c2cnn(C)c2)CC1. The lowest BCUT2D eigenvalue weighted by Gasteiger charge is -2.33. The molecular formula is C12H20N4O. The third-order valence-electron chi connectivity index (χ3n) is 3.52. The average Bonchev–Trinajstić information content (AvgIpc) is 2.75. The minimum absolute atomic E-state index is 0.0845. The molecule has 0 radical (unpaired) electrons. The standard InChI is InChI=1S/C12H20N4O/c1-9(13)10-3-5-16(6-4-10)12(17)11-7-14-15(2)8-11/h7-10H,3-6,13H2,1-2H3. The lowest BCUT2D eigenvalue weighted by atomic mass is 9.91. The molecule has 1 unspecified atom stereocenters. The Labute approximate surface area is 102 Å². The smallest absolute Gasteiger partial charge is 0.257 e. The monoisotopic (exact) mass is 236 g/mol. The number of aromatic nitrogens is 2. The maximum absolute atomic E-state index is 12.1. The van der Waals surface area contributed by atoms with Gasteiger partial charge in [-0.05, 0) is 25.7 Å². The topological polar surface area (TPSA) is 64.2 Å². The number of carbonyl (C=O) groups excluding carboxylic acids is 1. The first kappa shape index (κ1) is 12.1. The van der Waals surface area contributed by atoms with Crippen LogP contribution in [0.5, 0.6) is 0 Å². The number of hydrogen-bond acceptors (Lipinski definition) is 3. The van der Waals surface area contributed by atoms with E-state index in [0.29, 0.717) is 11.5 Å². The fourth-order valence-corrected chi connectivity index (χ4v) is 2.34. The van der Waals surface area contributed by atoms with Crippen molar-refractivity contribution in [1.82, 2.24) is 14.7 Å². The van der Waals surface area contributed by atoms with Crippen LogP contribution in [0, 0.1) is 5.92 Å². The number of hydrogen-bond donors (Lipinski definition) is 1. The highest BCUT2D eigenvalue weighted by Crippen LogP contribution is 2.20. The van der Waals surface area contributed by atoms with Gasteiger partial charge in [0.2, 0.25) is 0 Å².